The van der Waals surface area contributed by atoms with E-state index in [9.17, 15) is 5.11 Å². The Hall–Kier alpha value is -2.36. The number of nitrogens with zero attached hydrogens (tertiary/aromatic N) is 1. The predicted molar refractivity (Wildman–Crippen MR) is 128 cm³/mol. The number of phenolic OH excluding ortho intramolecular Hbond substituents is 1. The minimum Gasteiger partial charge on any atom is -0.508 e. The second-order valence-electron chi connectivity index (χ2n) is 8.07. The molecule has 2 heterocycles. The van der Waals surface area contributed by atoms with Gasteiger partial charge in [-0.3, -0.25) is 4.90 Å². The van der Waals surface area contributed by atoms with Gasteiger partial charge in [-0.05, 0) is 77.1 Å². The van der Waals surface area contributed by atoms with Crippen LogP contribution in [0.5, 0.6) is 5.75 Å². The van der Waals surface area contributed by atoms with Crippen molar-refractivity contribution in [3.05, 3.63) is 92.7 Å². The number of likely N-dealkylation sites (tertiary alicyclic amines) is 1. The van der Waals surface area contributed by atoms with E-state index in [-0.39, 0.29) is 0 Å². The highest BCUT2D eigenvalue weighted by Gasteiger charge is 2.20. The number of piperidine rings is 1. The van der Waals surface area contributed by atoms with Gasteiger partial charge in [-0.15, -0.1) is 11.3 Å². The van der Waals surface area contributed by atoms with E-state index < -0.39 is 0 Å². The van der Waals surface area contributed by atoms with Crippen LogP contribution in [0.2, 0.25) is 0 Å². The number of phenols is 1. The Kier molecular flexibility index (Phi) is 6.71. The summed E-state index contributed by atoms with van der Waals surface area (Å²) in [7, 11) is 0. The lowest BCUT2D eigenvalue weighted by Crippen LogP contribution is -2.30. The third kappa shape index (κ3) is 4.69. The largest absolute Gasteiger partial charge is 0.508 e. The number of hydrogen-bond donors (Lipinski definition) is 1. The fourth-order valence-electron chi connectivity index (χ4n) is 4.55. The molecule has 1 fully saturated rings. The van der Waals surface area contributed by atoms with Crippen molar-refractivity contribution in [2.75, 3.05) is 13.1 Å². The van der Waals surface area contributed by atoms with E-state index in [1.807, 2.05) is 23.5 Å². The van der Waals surface area contributed by atoms with E-state index >= 15 is 0 Å². The molecule has 1 aliphatic heterocycles. The number of aromatic hydroxyl groups is 1. The van der Waals surface area contributed by atoms with Crippen molar-refractivity contribution in [2.45, 2.75) is 46.1 Å². The lowest BCUT2D eigenvalue weighted by Gasteiger charge is -2.30. The smallest absolute Gasteiger partial charge is 0.116 e. The average molecular weight is 418 g/mol. The monoisotopic (exact) mass is 417 g/mol. The highest BCUT2D eigenvalue weighted by molar-refractivity contribution is 7.09. The van der Waals surface area contributed by atoms with Crippen LogP contribution in [-0.2, 0) is 19.4 Å². The molecule has 1 aromatic heterocycles. The predicted octanol–water partition coefficient (Wildman–Crippen LogP) is 6.68. The quantitative estimate of drug-likeness (QED) is 0.484. The van der Waals surface area contributed by atoms with Crippen LogP contribution < -0.4 is 0 Å². The summed E-state index contributed by atoms with van der Waals surface area (Å²) in [5, 5.41) is 12.3. The maximum atomic E-state index is 10.1. The van der Waals surface area contributed by atoms with E-state index in [1.165, 1.54) is 32.7 Å². The maximum Gasteiger partial charge on any atom is 0.116 e. The Morgan fingerprint density at radius 2 is 1.67 bits per heavy atom. The molecule has 3 heteroatoms. The van der Waals surface area contributed by atoms with Crippen LogP contribution in [0, 0.1) is 0 Å². The van der Waals surface area contributed by atoms with Crippen molar-refractivity contribution in [2.24, 2.45) is 0 Å². The first kappa shape index (κ1) is 20.9. The van der Waals surface area contributed by atoms with Crippen molar-refractivity contribution in [3.8, 4) is 5.75 Å². The Bertz CT molecular complexity index is 1010. The zero-order valence-corrected chi connectivity index (χ0v) is 18.8. The van der Waals surface area contributed by atoms with Gasteiger partial charge >= 0.3 is 0 Å². The van der Waals surface area contributed by atoms with Gasteiger partial charge in [-0.25, -0.2) is 0 Å². The molecule has 2 nitrogen and oxygen atoms in total. The number of thiophene rings is 1. The Balaban J connectivity index is 1.68. The molecule has 0 unspecified atom stereocenters. The van der Waals surface area contributed by atoms with Gasteiger partial charge in [0.05, 0.1) is 0 Å². The molecule has 0 amide bonds. The molecule has 1 N–H and O–H groups in total. The standard InChI is InChI=1S/C27H31NOS/c1-3-20-10-11-24(17-21(20)4-2)27(23-7-5-8-25(29)18-23)22-12-14-28(15-13-22)19-26-9-6-16-30-26/h5-11,16-18,29H,3-4,12-15,19H2,1-2H3. The van der Waals surface area contributed by atoms with Gasteiger partial charge in [-0.2, -0.15) is 0 Å². The van der Waals surface area contributed by atoms with E-state index in [4.69, 9.17) is 0 Å². The lowest BCUT2D eigenvalue weighted by molar-refractivity contribution is 0.251. The van der Waals surface area contributed by atoms with Crippen LogP contribution in [-0.4, -0.2) is 23.1 Å². The molecule has 30 heavy (non-hydrogen) atoms. The Morgan fingerprint density at radius 3 is 2.33 bits per heavy atom. The molecule has 0 saturated carbocycles. The van der Waals surface area contributed by atoms with Crippen molar-refractivity contribution in [1.82, 2.24) is 4.90 Å². The first-order valence-corrected chi connectivity index (χ1v) is 11.9. The van der Waals surface area contributed by atoms with Crippen molar-refractivity contribution < 1.29 is 5.11 Å². The molecule has 1 aliphatic rings. The van der Waals surface area contributed by atoms with Gasteiger partial charge in [-0.1, -0.05) is 55.8 Å². The number of rotatable bonds is 6. The molecule has 3 aromatic rings. The van der Waals surface area contributed by atoms with Crippen LogP contribution in [0.4, 0.5) is 0 Å². The highest BCUT2D eigenvalue weighted by Crippen LogP contribution is 2.35. The zero-order valence-electron chi connectivity index (χ0n) is 18.0. The summed E-state index contributed by atoms with van der Waals surface area (Å²) in [5.74, 6) is 0.335. The molecular formula is C27H31NOS. The van der Waals surface area contributed by atoms with Crippen LogP contribution in [0.1, 0.15) is 53.8 Å². The summed E-state index contributed by atoms with van der Waals surface area (Å²) in [6, 6.07) is 19.1. The summed E-state index contributed by atoms with van der Waals surface area (Å²) >= 11 is 1.85. The molecule has 0 spiro atoms. The van der Waals surface area contributed by atoms with E-state index in [2.05, 4.69) is 60.5 Å². The molecule has 0 bridgehead atoms. The molecule has 4 rings (SSSR count). The number of aryl methyl sites for hydroxylation is 2. The van der Waals surface area contributed by atoms with Crippen LogP contribution in [0.25, 0.3) is 5.57 Å². The second-order valence-corrected chi connectivity index (χ2v) is 9.11. The minimum absolute atomic E-state index is 0.335. The molecule has 0 aliphatic carbocycles. The summed E-state index contributed by atoms with van der Waals surface area (Å²) in [5.41, 5.74) is 8.11. The van der Waals surface area contributed by atoms with Gasteiger partial charge in [0.1, 0.15) is 5.75 Å². The maximum absolute atomic E-state index is 10.1. The zero-order chi connectivity index (χ0) is 20.9. The molecular weight excluding hydrogens is 386 g/mol. The van der Waals surface area contributed by atoms with Gasteiger partial charge in [0, 0.05) is 24.5 Å². The summed E-state index contributed by atoms with van der Waals surface area (Å²) in [6.45, 7) is 7.69. The van der Waals surface area contributed by atoms with Crippen LogP contribution in [0.15, 0.2) is 65.6 Å². The number of benzene rings is 2. The first-order valence-electron chi connectivity index (χ1n) is 11.1. The lowest BCUT2D eigenvalue weighted by atomic mass is 9.86. The molecule has 2 aromatic carbocycles. The highest BCUT2D eigenvalue weighted by atomic mass is 32.1. The molecule has 0 radical (unpaired) electrons. The SMILES string of the molecule is CCc1ccc(C(=C2CCN(Cc3cccs3)CC2)c2cccc(O)c2)cc1CC. The van der Waals surface area contributed by atoms with E-state index in [0.29, 0.717) is 5.75 Å². The normalized spacial score (nSPS) is 14.8. The molecule has 1 saturated heterocycles. The van der Waals surface area contributed by atoms with E-state index in [1.54, 1.807) is 6.07 Å². The minimum atomic E-state index is 0.335. The molecule has 0 atom stereocenters. The first-order chi connectivity index (χ1) is 14.7. The van der Waals surface area contributed by atoms with Gasteiger partial charge < -0.3 is 5.11 Å². The van der Waals surface area contributed by atoms with Gasteiger partial charge in [0.2, 0.25) is 0 Å². The molecule has 156 valence electrons. The van der Waals surface area contributed by atoms with Crippen molar-refractivity contribution in [3.63, 3.8) is 0 Å². The summed E-state index contributed by atoms with van der Waals surface area (Å²) in [6.07, 6.45) is 4.27. The summed E-state index contributed by atoms with van der Waals surface area (Å²) in [4.78, 5) is 4.01. The fourth-order valence-corrected chi connectivity index (χ4v) is 5.29. The second kappa shape index (κ2) is 9.63. The third-order valence-electron chi connectivity index (χ3n) is 6.16. The summed E-state index contributed by atoms with van der Waals surface area (Å²) < 4.78 is 0. The van der Waals surface area contributed by atoms with Crippen molar-refractivity contribution >= 4 is 16.9 Å². The third-order valence-corrected chi connectivity index (χ3v) is 7.03. The van der Waals surface area contributed by atoms with Crippen molar-refractivity contribution in [1.29, 1.82) is 0 Å². The van der Waals surface area contributed by atoms with Gasteiger partial charge in [0.15, 0.2) is 0 Å². The topological polar surface area (TPSA) is 23.5 Å². The number of hydrogen-bond acceptors (Lipinski definition) is 3. The van der Waals surface area contributed by atoms with Crippen LogP contribution in [0.3, 0.4) is 0 Å². The Morgan fingerprint density at radius 1 is 0.900 bits per heavy atom. The fraction of sp³-hybridized carbons (Fsp3) is 0.333. The van der Waals surface area contributed by atoms with Crippen LogP contribution >= 0.6 is 11.3 Å². The van der Waals surface area contributed by atoms with E-state index in [0.717, 1.165) is 50.9 Å². The Labute approximate surface area is 184 Å². The van der Waals surface area contributed by atoms with Gasteiger partial charge in [0.25, 0.3) is 0 Å². The average Bonchev–Trinajstić information content (AvgIpc) is 3.28.